The maximum absolute atomic E-state index is 7.25. The zero-order valence-corrected chi connectivity index (χ0v) is 40.3. The first-order chi connectivity index (χ1) is 36.6. The molecule has 15 aromatic rings. The summed E-state index contributed by atoms with van der Waals surface area (Å²) in [5, 5.41) is 23.1. The van der Waals surface area contributed by atoms with Gasteiger partial charge in [0, 0.05) is 41.9 Å². The van der Waals surface area contributed by atoms with Crippen molar-refractivity contribution in [3.63, 3.8) is 0 Å². The van der Waals surface area contributed by atoms with Gasteiger partial charge in [0.05, 0.1) is 0 Å². The third kappa shape index (κ3) is 5.97. The summed E-state index contributed by atoms with van der Waals surface area (Å²) >= 11 is 0. The van der Waals surface area contributed by atoms with E-state index in [-0.39, 0.29) is 5.92 Å². The summed E-state index contributed by atoms with van der Waals surface area (Å²) in [7, 11) is -1.07. The predicted octanol–water partition coefficient (Wildman–Crippen LogP) is 17.5. The Morgan fingerprint density at radius 3 is 0.757 bits per heavy atom. The molecule has 344 valence electrons. The molecule has 0 saturated carbocycles. The van der Waals surface area contributed by atoms with Crippen molar-refractivity contribution in [2.75, 3.05) is 0 Å². The fourth-order valence-electron chi connectivity index (χ4n) is 13.6. The van der Waals surface area contributed by atoms with Crippen LogP contribution in [0, 0.1) is 0 Å². The fourth-order valence-corrected chi connectivity index (χ4v) is 13.6. The lowest BCUT2D eigenvalue weighted by Crippen LogP contribution is -2.41. The number of para-hydroxylation sites is 3. The van der Waals surface area contributed by atoms with Gasteiger partial charge in [-0.3, -0.25) is 0 Å². The number of hydrogen-bond donors (Lipinski definition) is 0. The highest BCUT2D eigenvalue weighted by Gasteiger charge is 2.43. The molecule has 0 saturated heterocycles. The quantitative estimate of drug-likeness (QED) is 0.123. The van der Waals surface area contributed by atoms with E-state index in [1.165, 1.54) is 114 Å². The maximum atomic E-state index is 7.25. The Hall–Kier alpha value is -9.12. The third-order valence-electron chi connectivity index (χ3n) is 16.7. The van der Waals surface area contributed by atoms with Gasteiger partial charge in [-0.25, -0.2) is 0 Å². The van der Waals surface area contributed by atoms with Crippen molar-refractivity contribution in [2.24, 2.45) is 0 Å². The summed E-state index contributed by atoms with van der Waals surface area (Å²) in [5.41, 5.74) is 10.3. The zero-order valence-electron chi connectivity index (χ0n) is 40.3. The van der Waals surface area contributed by atoms with Gasteiger partial charge in [-0.05, 0) is 130 Å². The molecular weight excluding hydrogens is 900 g/mol. The van der Waals surface area contributed by atoms with E-state index in [0.717, 1.165) is 50.6 Å². The van der Waals surface area contributed by atoms with E-state index in [1.54, 1.807) is 0 Å². The van der Waals surface area contributed by atoms with Gasteiger partial charge in [-0.15, -0.1) is 0 Å². The first-order valence-corrected chi connectivity index (χ1v) is 25.9. The van der Waals surface area contributed by atoms with Gasteiger partial charge in [0.2, 0.25) is 0 Å². The van der Waals surface area contributed by atoms with Gasteiger partial charge in [-0.2, -0.15) is 0 Å². The molecule has 3 nitrogen and oxygen atoms in total. The van der Waals surface area contributed by atoms with Gasteiger partial charge in [0.15, 0.2) is 0 Å². The Kier molecular flexibility index (Phi) is 8.32. The van der Waals surface area contributed by atoms with Crippen LogP contribution in [-0.2, 0) is 19.3 Å². The first kappa shape index (κ1) is 40.5. The lowest BCUT2D eigenvalue weighted by molar-refractivity contribution is 0.289. The molecule has 4 heteroatoms. The largest absolute Gasteiger partial charge is 0.864 e. The molecule has 0 amide bonds. The van der Waals surface area contributed by atoms with Crippen LogP contribution in [-0.4, -0.2) is 7.32 Å². The molecule has 2 bridgehead atoms. The summed E-state index contributed by atoms with van der Waals surface area (Å²) < 4.78 is 21.8. The molecule has 0 spiro atoms. The monoisotopic (exact) mass is 942 g/mol. The lowest BCUT2D eigenvalue weighted by atomic mass is 9.78. The van der Waals surface area contributed by atoms with Crippen LogP contribution in [0.3, 0.4) is 0 Å². The second-order valence-electron chi connectivity index (χ2n) is 21.0. The molecule has 0 N–H and O–H groups in total. The second-order valence-corrected chi connectivity index (χ2v) is 21.0. The van der Waals surface area contributed by atoms with Gasteiger partial charge in [0.25, 0.3) is 0 Å². The SMILES string of the molecule is c1cc(Cc2cc3ccc4cccc5ccc(c2)c3c45)c2c(c1)C1c3cccc(Cc4cc5ccc6cccc7ccc(c4)c5c67)c3OB(O2)Oc2c(Cc3cc4ccc5cccc6ccc(c3)c4c56)cccc21. The topological polar surface area (TPSA) is 27.7 Å². The smallest absolute Gasteiger partial charge is 0.489 e. The second kappa shape index (κ2) is 15.2. The Labute approximate surface area is 427 Å². The van der Waals surface area contributed by atoms with Crippen LogP contribution >= 0.6 is 0 Å². The minimum absolute atomic E-state index is 0.252. The highest BCUT2D eigenvalue weighted by Crippen LogP contribution is 2.52. The molecule has 18 rings (SSSR count). The molecule has 0 fully saturated rings. The summed E-state index contributed by atoms with van der Waals surface area (Å²) in [6.07, 6.45) is 2.05. The van der Waals surface area contributed by atoms with Crippen LogP contribution in [0.2, 0.25) is 0 Å². The molecular formula is C70H43BO3. The molecule has 74 heavy (non-hydrogen) atoms. The van der Waals surface area contributed by atoms with Crippen molar-refractivity contribution in [2.45, 2.75) is 25.2 Å². The Bertz CT molecular complexity index is 4150. The summed E-state index contributed by atoms with van der Waals surface area (Å²) in [5.74, 6) is 2.20. The lowest BCUT2D eigenvalue weighted by Gasteiger charge is -2.35. The van der Waals surface area contributed by atoms with Gasteiger partial charge in [-0.1, -0.05) is 218 Å². The predicted molar refractivity (Wildman–Crippen MR) is 307 cm³/mol. The van der Waals surface area contributed by atoms with E-state index in [0.29, 0.717) is 19.3 Å². The van der Waals surface area contributed by atoms with Crippen molar-refractivity contribution >= 4 is 104 Å². The van der Waals surface area contributed by atoms with Crippen LogP contribution in [0.25, 0.3) is 97.0 Å². The Balaban J connectivity index is 0.818. The first-order valence-electron chi connectivity index (χ1n) is 25.9. The average molecular weight is 943 g/mol. The minimum atomic E-state index is -1.07. The zero-order chi connectivity index (χ0) is 48.2. The standard InChI is InChI=1S/C70H43BO3/c1-7-43-19-25-49-31-40(32-50-26-20-44(8-1)61(43)64(49)50)37-55-13-4-16-58-67-59-17-5-14-56(38-41-33-51-27-21-45-9-2-10-46-22-28-52(34-41)65(51)62(45)46)69(59)73-71(72-68(55)58)74-70-57(15-6-18-60(67)70)39-42-35-53-29-23-47-11-3-12-48-24-30-54(36-42)66(53)63(47)48/h1-36,67H,37-39H2. The van der Waals surface area contributed by atoms with Gasteiger partial charge in [0.1, 0.15) is 17.2 Å². The fraction of sp³-hybridized carbons (Fsp3) is 0.0571. The van der Waals surface area contributed by atoms with E-state index >= 15 is 0 Å². The Morgan fingerprint density at radius 2 is 0.486 bits per heavy atom. The number of benzene rings is 15. The summed E-state index contributed by atoms with van der Waals surface area (Å²) in [6, 6.07) is 81.3. The van der Waals surface area contributed by atoms with Crippen LogP contribution in [0.15, 0.2) is 218 Å². The van der Waals surface area contributed by atoms with Crippen molar-refractivity contribution < 1.29 is 14.0 Å². The molecule has 0 aliphatic carbocycles. The average Bonchev–Trinajstić information content (AvgIpc) is 3.46. The Morgan fingerprint density at radius 1 is 0.257 bits per heavy atom. The molecule has 0 radical (unpaired) electrons. The molecule has 0 atom stereocenters. The van der Waals surface area contributed by atoms with E-state index in [1.807, 2.05) is 0 Å². The highest BCUT2D eigenvalue weighted by molar-refractivity contribution is 6.40. The van der Waals surface area contributed by atoms with E-state index in [4.69, 9.17) is 14.0 Å². The van der Waals surface area contributed by atoms with Gasteiger partial charge >= 0.3 is 7.32 Å². The molecule has 3 aliphatic heterocycles. The molecule has 15 aromatic carbocycles. The van der Waals surface area contributed by atoms with Crippen molar-refractivity contribution in [1.82, 2.24) is 0 Å². The molecule has 3 heterocycles. The van der Waals surface area contributed by atoms with E-state index < -0.39 is 7.32 Å². The van der Waals surface area contributed by atoms with Crippen LogP contribution < -0.4 is 14.0 Å². The van der Waals surface area contributed by atoms with Gasteiger partial charge < -0.3 is 14.0 Å². The highest BCUT2D eigenvalue weighted by atomic mass is 16.7. The number of hydrogen-bond acceptors (Lipinski definition) is 3. The molecule has 3 aliphatic rings. The van der Waals surface area contributed by atoms with E-state index in [9.17, 15) is 0 Å². The summed E-state index contributed by atoms with van der Waals surface area (Å²) in [6.45, 7) is 0. The number of rotatable bonds is 6. The van der Waals surface area contributed by atoms with E-state index in [2.05, 4.69) is 218 Å². The van der Waals surface area contributed by atoms with Crippen LogP contribution in [0.1, 0.15) is 56.0 Å². The summed E-state index contributed by atoms with van der Waals surface area (Å²) in [4.78, 5) is 0. The molecule has 0 aromatic heterocycles. The van der Waals surface area contributed by atoms with Crippen LogP contribution in [0.5, 0.6) is 17.2 Å². The van der Waals surface area contributed by atoms with Crippen molar-refractivity contribution in [1.29, 1.82) is 0 Å². The van der Waals surface area contributed by atoms with Crippen molar-refractivity contribution in [3.8, 4) is 17.2 Å². The maximum Gasteiger partial charge on any atom is 0.864 e. The van der Waals surface area contributed by atoms with Crippen molar-refractivity contribution in [3.05, 3.63) is 268 Å². The minimum Gasteiger partial charge on any atom is -0.489 e. The van der Waals surface area contributed by atoms with Crippen LogP contribution in [0.4, 0.5) is 0 Å². The third-order valence-corrected chi connectivity index (χ3v) is 16.7. The normalized spacial score (nSPS) is 13.5. The molecule has 0 unspecified atom stereocenters.